The van der Waals surface area contributed by atoms with E-state index in [4.69, 9.17) is 4.74 Å². The summed E-state index contributed by atoms with van der Waals surface area (Å²) in [7, 11) is 0. The first-order chi connectivity index (χ1) is 8.25. The first-order valence-corrected chi connectivity index (χ1v) is 5.82. The molecule has 1 aromatic rings. The molecule has 4 rings (SSSR count). The van der Waals surface area contributed by atoms with Crippen molar-refractivity contribution >= 4 is 11.9 Å². The van der Waals surface area contributed by atoms with Crippen molar-refractivity contribution < 1.29 is 14.3 Å². The van der Waals surface area contributed by atoms with Crippen LogP contribution in [0.5, 0.6) is 0 Å². The summed E-state index contributed by atoms with van der Waals surface area (Å²) in [6.45, 7) is 0.532. The summed E-state index contributed by atoms with van der Waals surface area (Å²) in [5.41, 5.74) is 0.632. The molecular weight excluding hydrogens is 218 g/mol. The summed E-state index contributed by atoms with van der Waals surface area (Å²) in [6.07, 6.45) is 1.48. The standard InChI is InChI=1S/C13H13NO3/c15-12(9-4-2-1-3-5-9)14-8-10-6-7-11(14)13(16)17-10/h1-5,10-11H,6-8H2/t10-,11+/m0/s1. The van der Waals surface area contributed by atoms with Crippen LogP contribution in [-0.2, 0) is 9.53 Å². The number of hydrogen-bond donors (Lipinski definition) is 0. The predicted octanol–water partition coefficient (Wildman–Crippen LogP) is 1.22. The minimum absolute atomic E-state index is 0.0723. The van der Waals surface area contributed by atoms with E-state index in [0.29, 0.717) is 12.1 Å². The monoisotopic (exact) mass is 231 g/mol. The molecule has 88 valence electrons. The smallest absolute Gasteiger partial charge is 0.329 e. The highest BCUT2D eigenvalue weighted by Crippen LogP contribution is 2.28. The largest absolute Gasteiger partial charge is 0.459 e. The number of carbonyl (C=O) groups excluding carboxylic acids is 2. The highest BCUT2D eigenvalue weighted by molar-refractivity contribution is 5.97. The lowest BCUT2D eigenvalue weighted by Gasteiger charge is -2.43. The van der Waals surface area contributed by atoms with Crippen molar-refractivity contribution in [3.05, 3.63) is 35.9 Å². The van der Waals surface area contributed by atoms with Gasteiger partial charge >= 0.3 is 5.97 Å². The van der Waals surface area contributed by atoms with Crippen LogP contribution in [0.1, 0.15) is 23.2 Å². The van der Waals surface area contributed by atoms with Crippen LogP contribution >= 0.6 is 0 Å². The second kappa shape index (κ2) is 3.87. The third kappa shape index (κ3) is 1.69. The summed E-state index contributed by atoms with van der Waals surface area (Å²) >= 11 is 0. The van der Waals surface area contributed by atoms with Crippen molar-refractivity contribution in [2.45, 2.75) is 25.0 Å². The molecule has 0 N–H and O–H groups in total. The van der Waals surface area contributed by atoms with E-state index < -0.39 is 0 Å². The normalized spacial score (nSPS) is 26.8. The lowest BCUT2D eigenvalue weighted by atomic mass is 9.95. The molecule has 4 nitrogen and oxygen atoms in total. The zero-order valence-electron chi connectivity index (χ0n) is 9.33. The van der Waals surface area contributed by atoms with Gasteiger partial charge in [0.1, 0.15) is 12.1 Å². The summed E-state index contributed by atoms with van der Waals surface area (Å²) in [5, 5.41) is 0. The van der Waals surface area contributed by atoms with Crippen LogP contribution in [0.3, 0.4) is 0 Å². The van der Waals surface area contributed by atoms with Gasteiger partial charge in [0.15, 0.2) is 0 Å². The lowest BCUT2D eigenvalue weighted by molar-refractivity contribution is -0.172. The summed E-state index contributed by atoms with van der Waals surface area (Å²) in [5.74, 6) is -0.325. The van der Waals surface area contributed by atoms with Gasteiger partial charge in [-0.15, -0.1) is 0 Å². The topological polar surface area (TPSA) is 46.6 Å². The Morgan fingerprint density at radius 1 is 1.24 bits per heavy atom. The maximum Gasteiger partial charge on any atom is 0.329 e. The first kappa shape index (κ1) is 10.3. The molecule has 3 saturated heterocycles. The Bertz CT molecular complexity index is 457. The molecule has 4 heteroatoms. The molecule has 3 aliphatic heterocycles. The van der Waals surface area contributed by atoms with E-state index in [0.717, 1.165) is 12.8 Å². The number of hydrogen-bond acceptors (Lipinski definition) is 3. The Morgan fingerprint density at radius 2 is 2.00 bits per heavy atom. The van der Waals surface area contributed by atoms with Gasteiger partial charge in [0.05, 0.1) is 6.54 Å². The van der Waals surface area contributed by atoms with E-state index in [9.17, 15) is 9.59 Å². The predicted molar refractivity (Wildman–Crippen MR) is 60.4 cm³/mol. The minimum Gasteiger partial charge on any atom is -0.459 e. The Hall–Kier alpha value is -1.84. The maximum absolute atomic E-state index is 12.3. The zero-order chi connectivity index (χ0) is 11.8. The van der Waals surface area contributed by atoms with Crippen molar-refractivity contribution in [3.63, 3.8) is 0 Å². The molecule has 1 amide bonds. The van der Waals surface area contributed by atoms with E-state index in [2.05, 4.69) is 0 Å². The van der Waals surface area contributed by atoms with E-state index in [1.807, 2.05) is 18.2 Å². The maximum atomic E-state index is 12.3. The van der Waals surface area contributed by atoms with Gasteiger partial charge < -0.3 is 9.64 Å². The summed E-state index contributed by atoms with van der Waals surface area (Å²) < 4.78 is 5.17. The summed E-state index contributed by atoms with van der Waals surface area (Å²) in [6, 6.07) is 8.69. The van der Waals surface area contributed by atoms with Gasteiger partial charge in [0.25, 0.3) is 5.91 Å². The number of rotatable bonds is 1. The quantitative estimate of drug-likeness (QED) is 0.683. The number of nitrogens with zero attached hydrogens (tertiary/aromatic N) is 1. The number of amides is 1. The van der Waals surface area contributed by atoms with Crippen LogP contribution in [0, 0.1) is 0 Å². The molecule has 0 aromatic heterocycles. The van der Waals surface area contributed by atoms with Gasteiger partial charge in [-0.1, -0.05) is 18.2 Å². The van der Waals surface area contributed by atoms with Crippen LogP contribution in [0.4, 0.5) is 0 Å². The zero-order valence-corrected chi connectivity index (χ0v) is 9.33. The average Bonchev–Trinajstić information content (AvgIpc) is 2.39. The number of benzene rings is 1. The molecule has 3 aliphatic rings. The highest BCUT2D eigenvalue weighted by Gasteiger charge is 2.43. The average molecular weight is 231 g/mol. The Morgan fingerprint density at radius 3 is 2.65 bits per heavy atom. The van der Waals surface area contributed by atoms with E-state index >= 15 is 0 Å². The van der Waals surface area contributed by atoms with Crippen LogP contribution in [0.15, 0.2) is 30.3 Å². The molecule has 3 heterocycles. The third-order valence-electron chi connectivity index (χ3n) is 3.38. The van der Waals surface area contributed by atoms with Crippen molar-refractivity contribution in [2.24, 2.45) is 0 Å². The number of carbonyl (C=O) groups is 2. The molecule has 0 unspecified atom stereocenters. The molecule has 0 radical (unpaired) electrons. The Balaban J connectivity index is 1.86. The molecular formula is C13H13NO3. The fourth-order valence-corrected chi connectivity index (χ4v) is 2.49. The van der Waals surface area contributed by atoms with Crippen molar-refractivity contribution in [1.82, 2.24) is 4.90 Å². The van der Waals surface area contributed by atoms with Crippen LogP contribution in [0.25, 0.3) is 0 Å². The third-order valence-corrected chi connectivity index (χ3v) is 3.38. The van der Waals surface area contributed by atoms with E-state index in [-0.39, 0.29) is 24.0 Å². The molecule has 17 heavy (non-hydrogen) atoms. The van der Waals surface area contributed by atoms with Gasteiger partial charge in [0, 0.05) is 5.56 Å². The number of ether oxygens (including phenoxy) is 1. The Kier molecular flexibility index (Phi) is 2.35. The molecule has 0 saturated carbocycles. The number of morpholine rings is 1. The SMILES string of the molecule is O=C1O[C@H]2CC[C@H]1N(C(=O)c1ccccc1)C2. The molecule has 2 atom stereocenters. The molecule has 1 aromatic carbocycles. The van der Waals surface area contributed by atoms with Crippen molar-refractivity contribution in [2.75, 3.05) is 6.54 Å². The minimum atomic E-state index is -0.382. The summed E-state index contributed by atoms with van der Waals surface area (Å²) in [4.78, 5) is 25.5. The highest BCUT2D eigenvalue weighted by atomic mass is 16.6. The van der Waals surface area contributed by atoms with Gasteiger partial charge in [-0.05, 0) is 25.0 Å². The second-order valence-electron chi connectivity index (χ2n) is 4.48. The van der Waals surface area contributed by atoms with Crippen LogP contribution in [0.2, 0.25) is 0 Å². The first-order valence-electron chi connectivity index (χ1n) is 5.82. The second-order valence-corrected chi connectivity index (χ2v) is 4.48. The molecule has 3 fully saturated rings. The van der Waals surface area contributed by atoms with Gasteiger partial charge in [0.2, 0.25) is 0 Å². The van der Waals surface area contributed by atoms with Crippen LogP contribution in [-0.4, -0.2) is 35.5 Å². The molecule has 0 spiro atoms. The van der Waals surface area contributed by atoms with E-state index in [1.54, 1.807) is 17.0 Å². The Labute approximate surface area is 99.2 Å². The lowest BCUT2D eigenvalue weighted by Crippen LogP contribution is -2.59. The van der Waals surface area contributed by atoms with Gasteiger partial charge in [-0.2, -0.15) is 0 Å². The van der Waals surface area contributed by atoms with Crippen molar-refractivity contribution in [3.8, 4) is 0 Å². The fourth-order valence-electron chi connectivity index (χ4n) is 2.49. The van der Waals surface area contributed by atoms with Gasteiger partial charge in [-0.3, -0.25) is 4.79 Å². The van der Waals surface area contributed by atoms with E-state index in [1.165, 1.54) is 0 Å². The number of esters is 1. The van der Waals surface area contributed by atoms with Crippen molar-refractivity contribution in [1.29, 1.82) is 0 Å². The van der Waals surface area contributed by atoms with Gasteiger partial charge in [-0.25, -0.2) is 4.79 Å². The molecule has 2 bridgehead atoms. The molecule has 0 aliphatic carbocycles. The number of fused-ring (bicyclic) bond motifs is 3. The fraction of sp³-hybridized carbons (Fsp3) is 0.385. The number of piperidine rings is 1. The van der Waals surface area contributed by atoms with Crippen LogP contribution < -0.4 is 0 Å².